The fraction of sp³-hybridized carbons (Fsp3) is 0. The Morgan fingerprint density at radius 1 is 1.47 bits per heavy atom. The van der Waals surface area contributed by atoms with Crippen LogP contribution in [-0.4, -0.2) is 10.2 Å². The summed E-state index contributed by atoms with van der Waals surface area (Å²) in [5.41, 5.74) is 2.69. The van der Waals surface area contributed by atoms with Gasteiger partial charge in [0, 0.05) is 21.6 Å². The third-order valence-electron chi connectivity index (χ3n) is 2.00. The van der Waals surface area contributed by atoms with Crippen LogP contribution in [0.4, 0.5) is 5.69 Å². The van der Waals surface area contributed by atoms with Crippen molar-refractivity contribution in [2.24, 2.45) is 0 Å². The van der Waals surface area contributed by atoms with E-state index in [1.54, 1.807) is 12.1 Å². The maximum absolute atomic E-state index is 11.8. The van der Waals surface area contributed by atoms with Crippen LogP contribution >= 0.6 is 15.9 Å². The Hall–Kier alpha value is -1.37. The number of nitrogens with one attached hydrogen (secondary N) is 2. The second-order valence-electron chi connectivity index (χ2n) is 2.91. The van der Waals surface area contributed by atoms with Crippen molar-refractivity contribution >= 4 is 32.5 Å². The molecule has 1 heterocycles. The van der Waals surface area contributed by atoms with E-state index in [0.717, 1.165) is 4.47 Å². The predicted octanol–water partition coefficient (Wildman–Crippen LogP) is 2.11. The highest BCUT2D eigenvalue weighted by Gasteiger charge is 2.04. The molecule has 0 saturated heterocycles. The smallest absolute Gasteiger partial charge is 0.214 e. The van der Waals surface area contributed by atoms with Crippen molar-refractivity contribution in [3.8, 4) is 0 Å². The molecule has 1 aromatic heterocycles. The maximum atomic E-state index is 11.8. The summed E-state index contributed by atoms with van der Waals surface area (Å²) in [5.74, 6) is 0. The summed E-state index contributed by atoms with van der Waals surface area (Å²) < 4.78 is 0.808. The van der Waals surface area contributed by atoms with Crippen LogP contribution < -0.4 is 10.9 Å². The van der Waals surface area contributed by atoms with Gasteiger partial charge in [-0.05, 0) is 18.2 Å². The number of hydrogen-bond donors (Lipinski definition) is 3. The molecular weight excluding hydrogens is 264 g/mol. The number of hydrogen-bond acceptors (Lipinski definition) is 4. The molecule has 0 aliphatic rings. The van der Waals surface area contributed by atoms with Crippen LogP contribution in [0.1, 0.15) is 0 Å². The van der Waals surface area contributed by atoms with Gasteiger partial charge in [-0.2, -0.15) is 0 Å². The van der Waals surface area contributed by atoms with E-state index in [4.69, 9.17) is 5.26 Å². The quantitative estimate of drug-likeness (QED) is 0.577. The van der Waals surface area contributed by atoms with Crippen molar-refractivity contribution in [3.63, 3.8) is 0 Å². The lowest BCUT2D eigenvalue weighted by Gasteiger charge is -2.02. The molecule has 15 heavy (non-hydrogen) atoms. The molecule has 6 heteroatoms. The lowest BCUT2D eigenvalue weighted by molar-refractivity contribution is -0.215. The van der Waals surface area contributed by atoms with E-state index in [0.29, 0.717) is 10.9 Å². The van der Waals surface area contributed by atoms with E-state index in [-0.39, 0.29) is 11.1 Å². The molecule has 5 nitrogen and oxygen atoms in total. The van der Waals surface area contributed by atoms with Gasteiger partial charge < -0.3 is 4.98 Å². The van der Waals surface area contributed by atoms with Crippen LogP contribution in [0.25, 0.3) is 10.9 Å². The molecule has 1 aromatic carbocycles. The number of fused-ring (bicyclic) bond motifs is 1. The van der Waals surface area contributed by atoms with E-state index < -0.39 is 0 Å². The van der Waals surface area contributed by atoms with E-state index in [1.165, 1.54) is 6.20 Å². The van der Waals surface area contributed by atoms with Crippen molar-refractivity contribution in [3.05, 3.63) is 39.1 Å². The van der Waals surface area contributed by atoms with Crippen LogP contribution in [0.2, 0.25) is 0 Å². The Morgan fingerprint density at radius 3 is 3.00 bits per heavy atom. The highest BCUT2D eigenvalue weighted by atomic mass is 79.9. The molecule has 0 saturated carbocycles. The number of anilines is 1. The molecule has 0 amide bonds. The first-order valence-electron chi connectivity index (χ1n) is 4.10. The Kier molecular flexibility index (Phi) is 2.72. The van der Waals surface area contributed by atoms with Gasteiger partial charge >= 0.3 is 0 Å². The molecule has 0 bridgehead atoms. The standard InChI is InChI=1S/C9H7BrN2O3/c10-5-1-2-7-6(3-5)9(13)8(4-11-7)12-15-14/h1-4,12,14H,(H,11,13). The number of rotatable bonds is 2. The topological polar surface area (TPSA) is 74.3 Å². The first-order chi connectivity index (χ1) is 7.22. The number of halogens is 1. The number of aromatic amines is 1. The molecule has 0 unspecified atom stereocenters. The summed E-state index contributed by atoms with van der Waals surface area (Å²) >= 11 is 3.28. The molecule has 2 aromatic rings. The second-order valence-corrected chi connectivity index (χ2v) is 3.83. The zero-order chi connectivity index (χ0) is 10.8. The lowest BCUT2D eigenvalue weighted by atomic mass is 10.2. The van der Waals surface area contributed by atoms with Gasteiger partial charge in [0.1, 0.15) is 5.69 Å². The van der Waals surface area contributed by atoms with Gasteiger partial charge in [-0.3, -0.25) is 4.79 Å². The zero-order valence-electron chi connectivity index (χ0n) is 7.45. The fourth-order valence-corrected chi connectivity index (χ4v) is 1.68. The summed E-state index contributed by atoms with van der Waals surface area (Å²) in [7, 11) is 0. The van der Waals surface area contributed by atoms with Gasteiger partial charge in [-0.25, -0.2) is 10.7 Å². The minimum atomic E-state index is -0.251. The summed E-state index contributed by atoms with van der Waals surface area (Å²) in [4.78, 5) is 18.4. The van der Waals surface area contributed by atoms with Gasteiger partial charge in [-0.1, -0.05) is 15.9 Å². The molecule has 3 N–H and O–H groups in total. The van der Waals surface area contributed by atoms with Crippen molar-refractivity contribution in [2.45, 2.75) is 0 Å². The first-order valence-corrected chi connectivity index (χ1v) is 4.89. The third-order valence-corrected chi connectivity index (χ3v) is 2.49. The molecular formula is C9H7BrN2O3. The van der Waals surface area contributed by atoms with Gasteiger partial charge in [0.25, 0.3) is 0 Å². The fourth-order valence-electron chi connectivity index (χ4n) is 1.32. The van der Waals surface area contributed by atoms with E-state index >= 15 is 0 Å². The Balaban J connectivity index is 2.71. The van der Waals surface area contributed by atoms with Crippen LogP contribution in [0.5, 0.6) is 0 Å². The molecule has 0 spiro atoms. The number of H-pyrrole nitrogens is 1. The van der Waals surface area contributed by atoms with E-state index in [9.17, 15) is 4.79 Å². The third kappa shape index (κ3) is 1.87. The average Bonchev–Trinajstić information content (AvgIpc) is 2.23. The maximum Gasteiger partial charge on any atom is 0.214 e. The Bertz CT molecular complexity index is 553. The largest absolute Gasteiger partial charge is 0.359 e. The van der Waals surface area contributed by atoms with Gasteiger partial charge in [0.15, 0.2) is 0 Å². The minimum Gasteiger partial charge on any atom is -0.359 e. The first kappa shape index (κ1) is 10.2. The molecule has 0 fully saturated rings. The van der Waals surface area contributed by atoms with Crippen LogP contribution in [-0.2, 0) is 4.99 Å². The summed E-state index contributed by atoms with van der Waals surface area (Å²) in [5, 5.41) is 8.70. The molecule has 0 radical (unpaired) electrons. The van der Waals surface area contributed by atoms with Crippen LogP contribution in [0.3, 0.4) is 0 Å². The second kappa shape index (κ2) is 4.01. The number of aromatic nitrogens is 1. The summed E-state index contributed by atoms with van der Waals surface area (Å²) in [6.45, 7) is 0. The van der Waals surface area contributed by atoms with Crippen LogP contribution in [0, 0.1) is 0 Å². The SMILES string of the molecule is O=c1c(NOO)c[nH]c2ccc(Br)cc12. The summed E-state index contributed by atoms with van der Waals surface area (Å²) in [6, 6.07) is 5.30. The molecule has 0 aliphatic heterocycles. The molecule has 0 atom stereocenters. The van der Waals surface area contributed by atoms with Gasteiger partial charge in [-0.15, -0.1) is 4.99 Å². The van der Waals surface area contributed by atoms with Crippen molar-refractivity contribution in [1.29, 1.82) is 0 Å². The van der Waals surface area contributed by atoms with E-state index in [1.807, 2.05) is 6.07 Å². The molecule has 2 rings (SSSR count). The highest BCUT2D eigenvalue weighted by Crippen LogP contribution is 2.16. The normalized spacial score (nSPS) is 10.5. The lowest BCUT2D eigenvalue weighted by Crippen LogP contribution is -2.11. The van der Waals surface area contributed by atoms with Crippen molar-refractivity contribution in [1.82, 2.24) is 4.98 Å². The number of pyridine rings is 1. The highest BCUT2D eigenvalue weighted by molar-refractivity contribution is 9.10. The monoisotopic (exact) mass is 270 g/mol. The Labute approximate surface area is 92.7 Å². The average molecular weight is 271 g/mol. The molecule has 78 valence electrons. The summed E-state index contributed by atoms with van der Waals surface area (Å²) in [6.07, 6.45) is 1.43. The van der Waals surface area contributed by atoms with Crippen LogP contribution in [0.15, 0.2) is 33.7 Å². The van der Waals surface area contributed by atoms with Crippen molar-refractivity contribution in [2.75, 3.05) is 5.48 Å². The van der Waals surface area contributed by atoms with E-state index in [2.05, 4.69) is 31.4 Å². The molecule has 0 aliphatic carbocycles. The van der Waals surface area contributed by atoms with Gasteiger partial charge in [0.2, 0.25) is 5.43 Å². The number of benzene rings is 1. The zero-order valence-corrected chi connectivity index (χ0v) is 9.04. The van der Waals surface area contributed by atoms with Gasteiger partial charge in [0.05, 0.1) is 0 Å². The van der Waals surface area contributed by atoms with Crippen molar-refractivity contribution < 1.29 is 10.2 Å². The Morgan fingerprint density at radius 2 is 2.27 bits per heavy atom. The predicted molar refractivity (Wildman–Crippen MR) is 59.6 cm³/mol. The minimum absolute atomic E-state index is 0.142.